The highest BCUT2D eigenvalue weighted by molar-refractivity contribution is 7.10. The van der Waals surface area contributed by atoms with Crippen molar-refractivity contribution in [3.05, 3.63) is 76.0 Å². The zero-order chi connectivity index (χ0) is 26.4. The Morgan fingerprint density at radius 2 is 1.84 bits per heavy atom. The lowest BCUT2D eigenvalue weighted by atomic mass is 10.00. The molecular formula is C29H34N2O5S. The number of carbonyl (C=O) groups excluding carboxylic acids is 2. The second kappa shape index (κ2) is 12.1. The number of nitrogens with zero attached hydrogens (tertiary/aromatic N) is 2. The monoisotopic (exact) mass is 522 g/mol. The van der Waals surface area contributed by atoms with E-state index in [1.165, 1.54) is 4.88 Å². The molecule has 0 unspecified atom stereocenters. The van der Waals surface area contributed by atoms with Crippen LogP contribution in [0.3, 0.4) is 0 Å². The third-order valence-corrected chi connectivity index (χ3v) is 7.39. The van der Waals surface area contributed by atoms with E-state index in [4.69, 9.17) is 14.2 Å². The van der Waals surface area contributed by atoms with Gasteiger partial charge in [0.15, 0.2) is 11.5 Å². The summed E-state index contributed by atoms with van der Waals surface area (Å²) in [4.78, 5) is 32.0. The molecule has 0 fully saturated rings. The van der Waals surface area contributed by atoms with E-state index >= 15 is 0 Å². The summed E-state index contributed by atoms with van der Waals surface area (Å²) in [6.45, 7) is 5.43. The average Bonchev–Trinajstić information content (AvgIpc) is 3.40. The van der Waals surface area contributed by atoms with Crippen molar-refractivity contribution in [1.29, 1.82) is 0 Å². The van der Waals surface area contributed by atoms with Crippen LogP contribution in [-0.2, 0) is 11.2 Å². The van der Waals surface area contributed by atoms with Gasteiger partial charge in [0.25, 0.3) is 5.91 Å². The van der Waals surface area contributed by atoms with Crippen molar-refractivity contribution in [2.75, 3.05) is 40.5 Å². The van der Waals surface area contributed by atoms with Gasteiger partial charge in [-0.3, -0.25) is 9.59 Å². The summed E-state index contributed by atoms with van der Waals surface area (Å²) in [5, 5.41) is 2.06. The topological polar surface area (TPSA) is 68.3 Å². The Hall–Kier alpha value is -3.52. The van der Waals surface area contributed by atoms with E-state index < -0.39 is 0 Å². The van der Waals surface area contributed by atoms with Gasteiger partial charge in [-0.1, -0.05) is 32.0 Å². The molecular weight excluding hydrogens is 488 g/mol. The highest BCUT2D eigenvalue weighted by Crippen LogP contribution is 2.35. The van der Waals surface area contributed by atoms with Gasteiger partial charge >= 0.3 is 0 Å². The number of hydrogen-bond donors (Lipinski definition) is 0. The third kappa shape index (κ3) is 6.25. The minimum atomic E-state index is -0.250. The molecule has 1 aliphatic rings. The molecule has 0 saturated carbocycles. The largest absolute Gasteiger partial charge is 0.497 e. The molecule has 3 aromatic rings. The summed E-state index contributed by atoms with van der Waals surface area (Å²) in [5.74, 6) is 1.81. The van der Waals surface area contributed by atoms with Crippen LogP contribution in [0, 0.1) is 5.92 Å². The fourth-order valence-corrected chi connectivity index (χ4v) is 5.56. The minimum absolute atomic E-state index is 0.00114. The molecule has 7 nitrogen and oxygen atoms in total. The predicted octanol–water partition coefficient (Wildman–Crippen LogP) is 5.07. The maximum absolute atomic E-state index is 13.8. The number of carbonyl (C=O) groups is 2. The first-order valence-corrected chi connectivity index (χ1v) is 13.3. The van der Waals surface area contributed by atoms with Crippen LogP contribution >= 0.6 is 11.3 Å². The summed E-state index contributed by atoms with van der Waals surface area (Å²) in [6.07, 6.45) is 0.790. The zero-order valence-corrected chi connectivity index (χ0v) is 22.6. The lowest BCUT2D eigenvalue weighted by Gasteiger charge is -2.37. The van der Waals surface area contributed by atoms with Crippen molar-refractivity contribution >= 4 is 23.2 Å². The van der Waals surface area contributed by atoms with Gasteiger partial charge in [0.1, 0.15) is 18.9 Å². The summed E-state index contributed by atoms with van der Waals surface area (Å²) >= 11 is 1.71. The van der Waals surface area contributed by atoms with Gasteiger partial charge < -0.3 is 24.0 Å². The Balaban J connectivity index is 1.55. The van der Waals surface area contributed by atoms with E-state index in [1.54, 1.807) is 54.7 Å². The highest BCUT2D eigenvalue weighted by Gasteiger charge is 2.34. The van der Waals surface area contributed by atoms with E-state index in [0.29, 0.717) is 42.5 Å². The maximum Gasteiger partial charge on any atom is 0.254 e. The van der Waals surface area contributed by atoms with Crippen molar-refractivity contribution in [2.24, 2.45) is 5.92 Å². The lowest BCUT2D eigenvalue weighted by molar-refractivity contribution is -0.135. The van der Waals surface area contributed by atoms with Crippen molar-refractivity contribution < 1.29 is 23.8 Å². The summed E-state index contributed by atoms with van der Waals surface area (Å²) in [6, 6.07) is 16.4. The first kappa shape index (κ1) is 26.5. The third-order valence-electron chi connectivity index (χ3n) is 6.40. The van der Waals surface area contributed by atoms with E-state index in [1.807, 2.05) is 43.0 Å². The molecule has 37 heavy (non-hydrogen) atoms. The molecule has 2 amide bonds. The summed E-state index contributed by atoms with van der Waals surface area (Å²) in [7, 11) is 3.18. The lowest BCUT2D eigenvalue weighted by Crippen LogP contribution is -2.48. The second-order valence-corrected chi connectivity index (χ2v) is 10.4. The van der Waals surface area contributed by atoms with Gasteiger partial charge in [0.2, 0.25) is 5.91 Å². The maximum atomic E-state index is 13.8. The molecule has 0 spiro atoms. The van der Waals surface area contributed by atoms with Gasteiger partial charge in [-0.15, -0.1) is 11.3 Å². The number of benzene rings is 2. The average molecular weight is 523 g/mol. The van der Waals surface area contributed by atoms with Crippen molar-refractivity contribution in [1.82, 2.24) is 9.80 Å². The van der Waals surface area contributed by atoms with Gasteiger partial charge in [-0.2, -0.15) is 0 Å². The summed E-state index contributed by atoms with van der Waals surface area (Å²) < 4.78 is 16.9. The van der Waals surface area contributed by atoms with Gasteiger partial charge in [0.05, 0.1) is 20.3 Å². The quantitative estimate of drug-likeness (QED) is 0.372. The van der Waals surface area contributed by atoms with E-state index in [9.17, 15) is 9.59 Å². The molecule has 0 radical (unpaired) electrons. The molecule has 0 aliphatic carbocycles. The van der Waals surface area contributed by atoms with Gasteiger partial charge in [-0.05, 0) is 59.7 Å². The van der Waals surface area contributed by atoms with Gasteiger partial charge in [-0.25, -0.2) is 0 Å². The van der Waals surface area contributed by atoms with E-state index in [2.05, 4.69) is 11.4 Å². The molecule has 8 heteroatoms. The second-order valence-electron chi connectivity index (χ2n) is 9.43. The summed E-state index contributed by atoms with van der Waals surface area (Å²) in [5.41, 5.74) is 1.61. The van der Waals surface area contributed by atoms with Crippen LogP contribution in [0.4, 0.5) is 0 Å². The number of para-hydroxylation sites is 2. The fraction of sp³-hybridized carbons (Fsp3) is 0.379. The first-order valence-electron chi connectivity index (χ1n) is 12.5. The van der Waals surface area contributed by atoms with Crippen molar-refractivity contribution in [3.8, 4) is 17.2 Å². The van der Waals surface area contributed by atoms with Crippen molar-refractivity contribution in [2.45, 2.75) is 26.3 Å². The Labute approximate surface area is 222 Å². The molecule has 196 valence electrons. The number of amides is 2. The number of fused-ring (bicyclic) bond motifs is 1. The minimum Gasteiger partial charge on any atom is -0.497 e. The normalized spacial score (nSPS) is 14.7. The predicted molar refractivity (Wildman–Crippen MR) is 145 cm³/mol. The zero-order valence-electron chi connectivity index (χ0n) is 21.8. The molecule has 1 aliphatic heterocycles. The van der Waals surface area contributed by atoms with Crippen LogP contribution < -0.4 is 14.2 Å². The Bertz CT molecular complexity index is 1220. The molecule has 1 atom stereocenters. The number of methoxy groups -OCH3 is 2. The smallest absolute Gasteiger partial charge is 0.254 e. The number of thiophene rings is 1. The van der Waals surface area contributed by atoms with Crippen LogP contribution in [0.15, 0.2) is 60.0 Å². The number of ether oxygens (including phenoxy) is 3. The van der Waals surface area contributed by atoms with E-state index in [0.717, 1.165) is 12.0 Å². The van der Waals surface area contributed by atoms with Crippen LogP contribution in [0.25, 0.3) is 0 Å². The molecule has 2 heterocycles. The van der Waals surface area contributed by atoms with E-state index in [-0.39, 0.29) is 30.3 Å². The Morgan fingerprint density at radius 3 is 2.57 bits per heavy atom. The SMILES string of the molecule is COc1cccc(C(=O)N(CC(=O)N2CCc3sccc3[C@H]2COc2ccccc2OC)CC(C)C)c1. The van der Waals surface area contributed by atoms with Crippen LogP contribution in [0.1, 0.15) is 40.7 Å². The fourth-order valence-electron chi connectivity index (χ4n) is 4.63. The molecule has 4 rings (SSSR count). The van der Waals surface area contributed by atoms with Crippen molar-refractivity contribution in [3.63, 3.8) is 0 Å². The molecule has 1 aromatic heterocycles. The highest BCUT2D eigenvalue weighted by atomic mass is 32.1. The first-order chi connectivity index (χ1) is 17.9. The Kier molecular flexibility index (Phi) is 8.71. The van der Waals surface area contributed by atoms with Gasteiger partial charge in [0, 0.05) is 23.5 Å². The van der Waals surface area contributed by atoms with Crippen LogP contribution in [0.5, 0.6) is 17.2 Å². The molecule has 0 saturated heterocycles. The van der Waals surface area contributed by atoms with Crippen LogP contribution in [0.2, 0.25) is 0 Å². The molecule has 0 N–H and O–H groups in total. The molecule has 2 aromatic carbocycles. The number of hydrogen-bond acceptors (Lipinski definition) is 6. The Morgan fingerprint density at radius 1 is 1.05 bits per heavy atom. The number of rotatable bonds is 10. The van der Waals surface area contributed by atoms with Crippen LogP contribution in [-0.4, -0.2) is 62.1 Å². The standard InChI is InChI=1S/C29H34N2O5S/c1-20(2)17-30(29(33)21-8-7-9-22(16-21)34-3)18-28(32)31-14-12-27-23(13-15-37-27)24(31)19-36-26-11-6-5-10-25(26)35-4/h5-11,13,15-16,20,24H,12,14,17-19H2,1-4H3/t24-/m1/s1. The molecule has 0 bridgehead atoms.